The van der Waals surface area contributed by atoms with E-state index < -0.39 is 0 Å². The van der Waals surface area contributed by atoms with Gasteiger partial charge in [0.1, 0.15) is 0 Å². The number of hydrogen-bond donors (Lipinski definition) is 3. The van der Waals surface area contributed by atoms with E-state index in [1.165, 1.54) is 12.1 Å². The molecule has 0 unspecified atom stereocenters. The number of aromatic hydroxyl groups is 2. The van der Waals surface area contributed by atoms with Gasteiger partial charge in [0.25, 0.3) is 0 Å². The van der Waals surface area contributed by atoms with Crippen molar-refractivity contribution < 1.29 is 10.2 Å². The van der Waals surface area contributed by atoms with Crippen LogP contribution in [0, 0.1) is 7.43 Å². The number of phenols is 2. The molecule has 0 atom stereocenters. The second-order valence-corrected chi connectivity index (χ2v) is 2.36. The van der Waals surface area contributed by atoms with Gasteiger partial charge in [0, 0.05) is 7.43 Å². The Balaban J connectivity index is 0.00000121. The lowest BCUT2D eigenvalue weighted by Crippen LogP contribution is -2.02. The lowest BCUT2D eigenvalue weighted by molar-refractivity contribution is 0.403. The van der Waals surface area contributed by atoms with E-state index in [9.17, 15) is 0 Å². The Labute approximate surface area is 72.5 Å². The molecular formula is C9H11NO2. The maximum atomic E-state index is 9.04. The van der Waals surface area contributed by atoms with Crippen LogP contribution in [0.15, 0.2) is 18.2 Å². The van der Waals surface area contributed by atoms with Gasteiger partial charge in [-0.25, -0.2) is 0 Å². The summed E-state index contributed by atoms with van der Waals surface area (Å²) in [4.78, 5) is 0. The lowest BCUT2D eigenvalue weighted by atomic mass is 10.1. The number of hydrogen-bond acceptors (Lipinski definition) is 3. The summed E-state index contributed by atoms with van der Waals surface area (Å²) in [6.07, 6.45) is 0.716. The molecule has 0 spiro atoms. The quantitative estimate of drug-likeness (QED) is 0.564. The Kier molecular flexibility index (Phi) is 4.15. The second kappa shape index (κ2) is 4.62. The first-order valence-electron chi connectivity index (χ1n) is 3.45. The largest absolute Gasteiger partial charge is 0.504 e. The summed E-state index contributed by atoms with van der Waals surface area (Å²) in [5.41, 5.74) is 6.24. The number of rotatable bonds is 2. The first kappa shape index (κ1) is 10.8. The molecule has 1 aromatic carbocycles. The van der Waals surface area contributed by atoms with Crippen LogP contribution in [0.5, 0.6) is 11.5 Å². The van der Waals surface area contributed by atoms with Crippen LogP contribution in [-0.2, 0) is 6.42 Å². The van der Waals surface area contributed by atoms with Crippen molar-refractivity contribution in [2.45, 2.75) is 6.42 Å². The summed E-state index contributed by atoms with van der Waals surface area (Å²) in [5, 5.41) is 18.0. The highest BCUT2D eigenvalue weighted by Gasteiger charge is 1.98. The van der Waals surface area contributed by atoms with Crippen molar-refractivity contribution in [1.29, 1.82) is 0 Å². The van der Waals surface area contributed by atoms with Crippen molar-refractivity contribution in [2.24, 2.45) is 5.73 Å². The molecule has 4 N–H and O–H groups in total. The van der Waals surface area contributed by atoms with Crippen molar-refractivity contribution in [3.05, 3.63) is 31.2 Å². The first-order valence-corrected chi connectivity index (χ1v) is 3.45. The fraction of sp³-hybridized carbons (Fsp3) is 0.222. The van der Waals surface area contributed by atoms with Crippen LogP contribution in [-0.4, -0.2) is 16.8 Å². The van der Waals surface area contributed by atoms with Crippen molar-refractivity contribution in [3.63, 3.8) is 0 Å². The van der Waals surface area contributed by atoms with Crippen LogP contribution >= 0.6 is 0 Å². The normalized spacial score (nSPS) is 9.08. The van der Waals surface area contributed by atoms with Gasteiger partial charge in [0.05, 0.1) is 0 Å². The van der Waals surface area contributed by atoms with Gasteiger partial charge in [0.15, 0.2) is 11.5 Å². The molecule has 1 aromatic rings. The van der Waals surface area contributed by atoms with Crippen LogP contribution in [0.25, 0.3) is 0 Å². The van der Waals surface area contributed by atoms with Gasteiger partial charge in [-0.1, -0.05) is 6.07 Å². The van der Waals surface area contributed by atoms with E-state index in [1.54, 1.807) is 6.07 Å². The first-order chi connectivity index (χ1) is 5.24. The van der Waals surface area contributed by atoms with E-state index in [2.05, 4.69) is 0 Å². The van der Waals surface area contributed by atoms with Gasteiger partial charge in [-0.2, -0.15) is 0 Å². The number of nitrogens with two attached hydrogens (primary N) is 1. The molecule has 3 nitrogen and oxygen atoms in total. The Bertz CT molecular complexity index is 248. The van der Waals surface area contributed by atoms with E-state index in [-0.39, 0.29) is 18.9 Å². The molecule has 0 aliphatic heterocycles. The molecule has 12 heavy (non-hydrogen) atoms. The Hall–Kier alpha value is -1.22. The summed E-state index contributed by atoms with van der Waals surface area (Å²) < 4.78 is 0. The fourth-order valence-corrected chi connectivity index (χ4v) is 0.891. The minimum atomic E-state index is -0.0919. The highest BCUT2D eigenvalue weighted by molar-refractivity contribution is 5.40. The highest BCUT2D eigenvalue weighted by Crippen LogP contribution is 2.24. The minimum absolute atomic E-state index is 0. The van der Waals surface area contributed by atoms with Gasteiger partial charge in [-0.05, 0) is 30.7 Å². The van der Waals surface area contributed by atoms with E-state index in [1.807, 2.05) is 0 Å². The topological polar surface area (TPSA) is 66.5 Å². The van der Waals surface area contributed by atoms with Crippen LogP contribution in [0.1, 0.15) is 5.56 Å². The molecule has 0 bridgehead atoms. The molecule has 0 saturated carbocycles. The SMILES string of the molecule is NCCc1ccc(O)c(O)c1.[C]. The van der Waals surface area contributed by atoms with Crippen molar-refractivity contribution >= 4 is 0 Å². The zero-order valence-electron chi connectivity index (χ0n) is 6.62. The Morgan fingerprint density at radius 3 is 2.33 bits per heavy atom. The molecule has 4 radical (unpaired) electrons. The number of benzene rings is 1. The van der Waals surface area contributed by atoms with Crippen LogP contribution in [0.2, 0.25) is 0 Å². The third-order valence-electron chi connectivity index (χ3n) is 1.47. The van der Waals surface area contributed by atoms with Gasteiger partial charge in [0.2, 0.25) is 0 Å². The summed E-state index contributed by atoms with van der Waals surface area (Å²) in [5.74, 6) is -0.179. The summed E-state index contributed by atoms with van der Waals surface area (Å²) in [7, 11) is 0. The molecule has 1 rings (SSSR count). The van der Waals surface area contributed by atoms with Crippen molar-refractivity contribution in [1.82, 2.24) is 0 Å². The summed E-state index contributed by atoms with van der Waals surface area (Å²) in [6.45, 7) is 0.546. The van der Waals surface area contributed by atoms with E-state index in [4.69, 9.17) is 15.9 Å². The lowest BCUT2D eigenvalue weighted by Gasteiger charge is -2.00. The molecule has 0 heterocycles. The predicted molar refractivity (Wildman–Crippen MR) is 45.8 cm³/mol. The van der Waals surface area contributed by atoms with Crippen LogP contribution in [0.4, 0.5) is 0 Å². The number of phenolic OH excluding ortho intramolecular Hbond substituents is 2. The third kappa shape index (κ3) is 2.43. The average molecular weight is 165 g/mol. The molecule has 0 amide bonds. The monoisotopic (exact) mass is 165 g/mol. The molecule has 0 aliphatic rings. The zero-order valence-corrected chi connectivity index (χ0v) is 6.62. The van der Waals surface area contributed by atoms with E-state index in [0.29, 0.717) is 13.0 Å². The molecule has 3 heteroatoms. The maximum absolute atomic E-state index is 9.04. The van der Waals surface area contributed by atoms with Gasteiger partial charge >= 0.3 is 0 Å². The minimum Gasteiger partial charge on any atom is -0.504 e. The fourth-order valence-electron chi connectivity index (χ4n) is 0.891. The molecule has 0 saturated heterocycles. The molecule has 0 aliphatic carbocycles. The van der Waals surface area contributed by atoms with E-state index in [0.717, 1.165) is 5.56 Å². The van der Waals surface area contributed by atoms with Crippen molar-refractivity contribution in [2.75, 3.05) is 6.54 Å². The van der Waals surface area contributed by atoms with E-state index >= 15 is 0 Å². The molecular weight excluding hydrogens is 154 g/mol. The van der Waals surface area contributed by atoms with Gasteiger partial charge < -0.3 is 15.9 Å². The van der Waals surface area contributed by atoms with Gasteiger partial charge in [-0.3, -0.25) is 0 Å². The molecule has 0 aromatic heterocycles. The standard InChI is InChI=1S/C8H11NO2.C/c9-4-3-6-1-2-7(10)8(11)5-6;/h1-2,5,10-11H,3-4,9H2;. The van der Waals surface area contributed by atoms with Crippen LogP contribution < -0.4 is 5.73 Å². The maximum Gasteiger partial charge on any atom is 0.157 e. The van der Waals surface area contributed by atoms with Crippen LogP contribution in [0.3, 0.4) is 0 Å². The van der Waals surface area contributed by atoms with Crippen molar-refractivity contribution in [3.8, 4) is 11.5 Å². The third-order valence-corrected chi connectivity index (χ3v) is 1.47. The highest BCUT2D eigenvalue weighted by atomic mass is 16.3. The summed E-state index contributed by atoms with van der Waals surface area (Å²) in [6, 6.07) is 4.71. The molecule has 0 fully saturated rings. The second-order valence-electron chi connectivity index (χ2n) is 2.36. The smallest absolute Gasteiger partial charge is 0.157 e. The predicted octanol–water partition coefficient (Wildman–Crippen LogP) is 0.680. The zero-order chi connectivity index (χ0) is 8.27. The Morgan fingerprint density at radius 2 is 1.83 bits per heavy atom. The average Bonchev–Trinajstić information content (AvgIpc) is 1.98. The van der Waals surface area contributed by atoms with Gasteiger partial charge in [-0.15, -0.1) is 0 Å². The molecule has 64 valence electrons. The Morgan fingerprint density at radius 1 is 1.17 bits per heavy atom. The summed E-state index contributed by atoms with van der Waals surface area (Å²) >= 11 is 0.